The Bertz CT molecular complexity index is 896. The van der Waals surface area contributed by atoms with Gasteiger partial charge in [-0.05, 0) is 47.5 Å². The molecule has 0 amide bonds. The summed E-state index contributed by atoms with van der Waals surface area (Å²) in [6, 6.07) is 15.3. The summed E-state index contributed by atoms with van der Waals surface area (Å²) in [7, 11) is 0. The monoisotopic (exact) mass is 383 g/mol. The van der Waals surface area contributed by atoms with E-state index in [1.807, 2.05) is 0 Å². The highest BCUT2D eigenvalue weighted by atomic mass is 19.1. The lowest BCUT2D eigenvalue weighted by Crippen LogP contribution is -2.12. The Kier molecular flexibility index (Phi) is 6.06. The summed E-state index contributed by atoms with van der Waals surface area (Å²) in [6.07, 6.45) is 0. The van der Waals surface area contributed by atoms with Crippen molar-refractivity contribution in [1.29, 1.82) is 0 Å². The van der Waals surface area contributed by atoms with Gasteiger partial charge in [-0.15, -0.1) is 0 Å². The topological polar surface area (TPSA) is 65.5 Å². The molecule has 0 unspecified atom stereocenters. The number of hydrogen-bond donors (Lipinski definition) is 0. The van der Waals surface area contributed by atoms with Crippen molar-refractivity contribution in [3.8, 4) is 0 Å². The summed E-state index contributed by atoms with van der Waals surface area (Å²) in [5.41, 5.74) is 1.12. The standard InChI is InChI=1S/C21H15F2NO4/c22-16-8-4-14(5-9-16)12-27-20(25)18-2-1-3-19(24-18)21(26)28-13-15-6-10-17(23)11-7-15/h1-11H,12-13H2. The van der Waals surface area contributed by atoms with Crippen LogP contribution in [0.15, 0.2) is 66.7 Å². The molecule has 0 spiro atoms. The van der Waals surface area contributed by atoms with Crippen LogP contribution in [0.2, 0.25) is 0 Å². The van der Waals surface area contributed by atoms with Gasteiger partial charge in [0.25, 0.3) is 0 Å². The average Bonchev–Trinajstić information content (AvgIpc) is 2.72. The van der Waals surface area contributed by atoms with E-state index in [-0.39, 0.29) is 36.2 Å². The summed E-state index contributed by atoms with van der Waals surface area (Å²) < 4.78 is 36.0. The zero-order valence-corrected chi connectivity index (χ0v) is 14.6. The quantitative estimate of drug-likeness (QED) is 0.601. The van der Waals surface area contributed by atoms with Crippen LogP contribution in [0.4, 0.5) is 8.78 Å². The smallest absolute Gasteiger partial charge is 0.357 e. The SMILES string of the molecule is O=C(OCc1ccc(F)cc1)c1cccc(C(=O)OCc2ccc(F)cc2)n1. The molecule has 0 bridgehead atoms. The van der Waals surface area contributed by atoms with E-state index in [4.69, 9.17) is 9.47 Å². The number of carbonyl (C=O) groups excluding carboxylic acids is 2. The molecule has 7 heteroatoms. The minimum Gasteiger partial charge on any atom is -0.456 e. The Balaban J connectivity index is 1.58. The van der Waals surface area contributed by atoms with Gasteiger partial charge in [0, 0.05) is 0 Å². The number of rotatable bonds is 6. The van der Waals surface area contributed by atoms with E-state index in [0.717, 1.165) is 0 Å². The molecule has 0 aliphatic heterocycles. The van der Waals surface area contributed by atoms with Crippen molar-refractivity contribution < 1.29 is 27.8 Å². The molecule has 0 saturated heterocycles. The number of hydrogen-bond acceptors (Lipinski definition) is 5. The number of aromatic nitrogens is 1. The highest BCUT2D eigenvalue weighted by Crippen LogP contribution is 2.09. The fourth-order valence-corrected chi connectivity index (χ4v) is 2.27. The molecular weight excluding hydrogens is 368 g/mol. The van der Waals surface area contributed by atoms with Crippen molar-refractivity contribution in [2.45, 2.75) is 13.2 Å². The van der Waals surface area contributed by atoms with Crippen molar-refractivity contribution in [2.75, 3.05) is 0 Å². The third kappa shape index (κ3) is 5.20. The average molecular weight is 383 g/mol. The van der Waals surface area contributed by atoms with E-state index >= 15 is 0 Å². The van der Waals surface area contributed by atoms with Gasteiger partial charge in [0.05, 0.1) is 0 Å². The maximum Gasteiger partial charge on any atom is 0.357 e. The second-order valence-corrected chi connectivity index (χ2v) is 5.81. The fraction of sp³-hybridized carbons (Fsp3) is 0.0952. The van der Waals surface area contributed by atoms with Gasteiger partial charge in [-0.25, -0.2) is 23.4 Å². The molecule has 0 atom stereocenters. The minimum atomic E-state index is -0.725. The second-order valence-electron chi connectivity index (χ2n) is 5.81. The van der Waals surface area contributed by atoms with Gasteiger partial charge in [0.1, 0.15) is 36.2 Å². The molecule has 28 heavy (non-hydrogen) atoms. The molecule has 0 aliphatic rings. The van der Waals surface area contributed by atoms with Gasteiger partial charge in [-0.3, -0.25) is 0 Å². The Morgan fingerprint density at radius 3 is 1.46 bits per heavy atom. The lowest BCUT2D eigenvalue weighted by molar-refractivity contribution is 0.0456. The first-order valence-corrected chi connectivity index (χ1v) is 8.31. The van der Waals surface area contributed by atoms with Crippen LogP contribution in [0.3, 0.4) is 0 Å². The first-order valence-electron chi connectivity index (χ1n) is 8.31. The predicted octanol–water partition coefficient (Wildman–Crippen LogP) is 4.07. The van der Waals surface area contributed by atoms with Crippen molar-refractivity contribution in [3.05, 3.63) is 101 Å². The van der Waals surface area contributed by atoms with Crippen molar-refractivity contribution >= 4 is 11.9 Å². The lowest BCUT2D eigenvalue weighted by Gasteiger charge is -2.07. The zero-order valence-electron chi connectivity index (χ0n) is 14.6. The first-order chi connectivity index (χ1) is 13.5. The predicted molar refractivity (Wildman–Crippen MR) is 95.3 cm³/mol. The van der Waals surface area contributed by atoms with Gasteiger partial charge in [0.2, 0.25) is 0 Å². The molecule has 0 aliphatic carbocycles. The molecular formula is C21H15F2NO4. The second kappa shape index (κ2) is 8.85. The fourth-order valence-electron chi connectivity index (χ4n) is 2.27. The van der Waals surface area contributed by atoms with E-state index in [0.29, 0.717) is 11.1 Å². The first kappa shape index (κ1) is 19.2. The highest BCUT2D eigenvalue weighted by molar-refractivity contribution is 5.91. The summed E-state index contributed by atoms with van der Waals surface area (Å²) in [4.78, 5) is 28.2. The molecule has 142 valence electrons. The molecule has 0 saturated carbocycles. The summed E-state index contributed by atoms with van der Waals surface area (Å²) in [5.74, 6) is -2.22. The summed E-state index contributed by atoms with van der Waals surface area (Å²) in [6.45, 7) is -0.111. The largest absolute Gasteiger partial charge is 0.456 e. The Morgan fingerprint density at radius 2 is 1.07 bits per heavy atom. The van der Waals surface area contributed by atoms with E-state index in [2.05, 4.69) is 4.98 Å². The van der Waals surface area contributed by atoms with Crippen LogP contribution in [0, 0.1) is 11.6 Å². The van der Waals surface area contributed by atoms with E-state index in [1.165, 1.54) is 66.7 Å². The Labute approximate surface area is 159 Å². The maximum absolute atomic E-state index is 12.9. The zero-order chi connectivity index (χ0) is 19.9. The number of esters is 2. The molecule has 0 fully saturated rings. The van der Waals surface area contributed by atoms with Crippen LogP contribution in [-0.4, -0.2) is 16.9 Å². The van der Waals surface area contributed by atoms with Gasteiger partial charge in [0.15, 0.2) is 0 Å². The number of nitrogens with zero attached hydrogens (tertiary/aromatic N) is 1. The Morgan fingerprint density at radius 1 is 0.679 bits per heavy atom. The van der Waals surface area contributed by atoms with Crippen LogP contribution in [-0.2, 0) is 22.7 Å². The molecule has 0 radical (unpaired) electrons. The van der Waals surface area contributed by atoms with Gasteiger partial charge in [-0.1, -0.05) is 30.3 Å². The molecule has 5 nitrogen and oxygen atoms in total. The number of pyridine rings is 1. The summed E-state index contributed by atoms with van der Waals surface area (Å²) >= 11 is 0. The number of halogens is 2. The van der Waals surface area contributed by atoms with Crippen LogP contribution >= 0.6 is 0 Å². The Hall–Kier alpha value is -3.61. The highest BCUT2D eigenvalue weighted by Gasteiger charge is 2.15. The molecule has 3 aromatic rings. The van der Waals surface area contributed by atoms with E-state index < -0.39 is 11.9 Å². The van der Waals surface area contributed by atoms with Crippen LogP contribution < -0.4 is 0 Å². The molecule has 1 aromatic heterocycles. The number of benzene rings is 2. The van der Waals surface area contributed by atoms with E-state index in [1.54, 1.807) is 0 Å². The molecule has 1 heterocycles. The normalized spacial score (nSPS) is 10.4. The third-order valence-corrected chi connectivity index (χ3v) is 3.73. The van der Waals surface area contributed by atoms with Crippen LogP contribution in [0.25, 0.3) is 0 Å². The van der Waals surface area contributed by atoms with Crippen molar-refractivity contribution in [2.24, 2.45) is 0 Å². The third-order valence-electron chi connectivity index (χ3n) is 3.73. The molecule has 3 rings (SSSR count). The number of ether oxygens (including phenoxy) is 2. The maximum atomic E-state index is 12.9. The van der Waals surface area contributed by atoms with E-state index in [9.17, 15) is 18.4 Å². The van der Waals surface area contributed by atoms with Gasteiger partial charge < -0.3 is 9.47 Å². The number of carbonyl (C=O) groups is 2. The van der Waals surface area contributed by atoms with Gasteiger partial charge in [-0.2, -0.15) is 0 Å². The van der Waals surface area contributed by atoms with Gasteiger partial charge >= 0.3 is 11.9 Å². The molecule has 2 aromatic carbocycles. The minimum absolute atomic E-state index is 0.0555. The van der Waals surface area contributed by atoms with Crippen LogP contribution in [0.5, 0.6) is 0 Å². The van der Waals surface area contributed by atoms with Crippen molar-refractivity contribution in [3.63, 3.8) is 0 Å². The summed E-state index contributed by atoms with van der Waals surface area (Å²) in [5, 5.41) is 0. The van der Waals surface area contributed by atoms with Crippen LogP contribution in [0.1, 0.15) is 32.1 Å². The van der Waals surface area contributed by atoms with Crippen molar-refractivity contribution in [1.82, 2.24) is 4.98 Å². The lowest BCUT2D eigenvalue weighted by atomic mass is 10.2. The molecule has 0 N–H and O–H groups in total.